The minimum atomic E-state index is -0.228. The number of anilines is 1. The summed E-state index contributed by atoms with van der Waals surface area (Å²) in [6.45, 7) is 4.15. The zero-order valence-corrected chi connectivity index (χ0v) is 10.7. The highest BCUT2D eigenvalue weighted by atomic mass is 16.5. The minimum absolute atomic E-state index is 0.0848. The number of carbonyl (C=O) groups excluding carboxylic acids is 1. The molecule has 0 heterocycles. The summed E-state index contributed by atoms with van der Waals surface area (Å²) in [5.74, 6) is 2.70. The highest BCUT2D eigenvalue weighted by Crippen LogP contribution is 2.26. The Kier molecular flexibility index (Phi) is 5.06. The van der Waals surface area contributed by atoms with Crippen LogP contribution in [-0.2, 0) is 0 Å². The number of nitrogens with two attached hydrogens (primary N) is 1. The summed E-state index contributed by atoms with van der Waals surface area (Å²) in [7, 11) is 0. The van der Waals surface area contributed by atoms with Crippen LogP contribution in [0.1, 0.15) is 30.6 Å². The van der Waals surface area contributed by atoms with Gasteiger partial charge in [-0.25, -0.2) is 0 Å². The van der Waals surface area contributed by atoms with Crippen molar-refractivity contribution in [1.82, 2.24) is 5.32 Å². The van der Waals surface area contributed by atoms with E-state index < -0.39 is 0 Å². The Morgan fingerprint density at radius 3 is 2.94 bits per heavy atom. The fourth-order valence-corrected chi connectivity index (χ4v) is 1.57. The molecule has 0 saturated heterocycles. The first kappa shape index (κ1) is 13.9. The van der Waals surface area contributed by atoms with E-state index in [0.29, 0.717) is 30.0 Å². The van der Waals surface area contributed by atoms with E-state index in [9.17, 15) is 4.79 Å². The Labute approximate surface area is 108 Å². The predicted molar refractivity (Wildman–Crippen MR) is 72.4 cm³/mol. The van der Waals surface area contributed by atoms with Gasteiger partial charge in [-0.1, -0.05) is 6.07 Å². The maximum atomic E-state index is 12.1. The molecule has 1 atom stereocenters. The number of hydrogen-bond acceptors (Lipinski definition) is 3. The van der Waals surface area contributed by atoms with E-state index in [1.54, 1.807) is 18.2 Å². The van der Waals surface area contributed by atoms with Crippen LogP contribution < -0.4 is 15.8 Å². The molecule has 1 unspecified atom stereocenters. The summed E-state index contributed by atoms with van der Waals surface area (Å²) < 4.78 is 5.40. The molecule has 4 heteroatoms. The topological polar surface area (TPSA) is 64.4 Å². The van der Waals surface area contributed by atoms with E-state index in [0.717, 1.165) is 0 Å². The molecule has 0 saturated carbocycles. The third-order valence-electron chi connectivity index (χ3n) is 2.38. The summed E-state index contributed by atoms with van der Waals surface area (Å²) in [5.41, 5.74) is 6.68. The molecule has 0 fully saturated rings. The molecule has 1 amide bonds. The van der Waals surface area contributed by atoms with Crippen LogP contribution in [0.5, 0.6) is 5.75 Å². The number of benzene rings is 1. The molecule has 0 bridgehead atoms. The molecule has 1 rings (SSSR count). The maximum absolute atomic E-state index is 12.1. The van der Waals surface area contributed by atoms with Crippen LogP contribution in [0.3, 0.4) is 0 Å². The lowest BCUT2D eigenvalue weighted by Crippen LogP contribution is -2.32. The number of hydrogen-bond donors (Lipinski definition) is 2. The number of nitrogen functional groups attached to an aromatic ring is 1. The molecule has 3 N–H and O–H groups in total. The SMILES string of the molecule is C#CCC(C)NC(=O)c1cccc(N)c1OCC. The van der Waals surface area contributed by atoms with E-state index in [-0.39, 0.29) is 11.9 Å². The minimum Gasteiger partial charge on any atom is -0.491 e. The van der Waals surface area contributed by atoms with Crippen molar-refractivity contribution in [3.8, 4) is 18.1 Å². The van der Waals surface area contributed by atoms with E-state index in [2.05, 4.69) is 11.2 Å². The zero-order chi connectivity index (χ0) is 13.5. The molecule has 1 aromatic carbocycles. The summed E-state index contributed by atoms with van der Waals surface area (Å²) in [6, 6.07) is 5.02. The number of carbonyl (C=O) groups is 1. The number of terminal acetylenes is 1. The first-order chi connectivity index (χ1) is 8.60. The van der Waals surface area contributed by atoms with E-state index in [1.807, 2.05) is 13.8 Å². The second-order valence-electron chi connectivity index (χ2n) is 3.94. The van der Waals surface area contributed by atoms with Gasteiger partial charge in [0.25, 0.3) is 5.91 Å². The summed E-state index contributed by atoms with van der Waals surface area (Å²) in [5, 5.41) is 2.81. The highest BCUT2D eigenvalue weighted by molar-refractivity contribution is 5.98. The second-order valence-corrected chi connectivity index (χ2v) is 3.94. The molecule has 0 aliphatic rings. The van der Waals surface area contributed by atoms with Crippen molar-refractivity contribution in [1.29, 1.82) is 0 Å². The lowest BCUT2D eigenvalue weighted by Gasteiger charge is -2.15. The number of nitrogens with one attached hydrogen (secondary N) is 1. The molecule has 96 valence electrons. The fraction of sp³-hybridized carbons (Fsp3) is 0.357. The quantitative estimate of drug-likeness (QED) is 0.615. The van der Waals surface area contributed by atoms with Crippen LogP contribution in [0.4, 0.5) is 5.69 Å². The Morgan fingerprint density at radius 1 is 1.61 bits per heavy atom. The van der Waals surface area contributed by atoms with Gasteiger partial charge in [0.2, 0.25) is 0 Å². The molecule has 4 nitrogen and oxygen atoms in total. The number of amides is 1. The molecule has 18 heavy (non-hydrogen) atoms. The molecular formula is C14H18N2O2. The van der Waals surface area contributed by atoms with Crippen LogP contribution >= 0.6 is 0 Å². The van der Waals surface area contributed by atoms with Gasteiger partial charge in [0.1, 0.15) is 0 Å². The number of ether oxygens (including phenoxy) is 1. The van der Waals surface area contributed by atoms with Gasteiger partial charge in [0, 0.05) is 12.5 Å². The van der Waals surface area contributed by atoms with Gasteiger partial charge in [-0.3, -0.25) is 4.79 Å². The Morgan fingerprint density at radius 2 is 2.33 bits per heavy atom. The van der Waals surface area contributed by atoms with Gasteiger partial charge < -0.3 is 15.8 Å². The summed E-state index contributed by atoms with van der Waals surface area (Å²) >= 11 is 0. The van der Waals surface area contributed by atoms with E-state index in [1.165, 1.54) is 0 Å². The van der Waals surface area contributed by atoms with Gasteiger partial charge in [-0.05, 0) is 26.0 Å². The Balaban J connectivity index is 2.92. The van der Waals surface area contributed by atoms with E-state index in [4.69, 9.17) is 16.9 Å². The van der Waals surface area contributed by atoms with Crippen LogP contribution in [0.2, 0.25) is 0 Å². The van der Waals surface area contributed by atoms with Crippen molar-refractivity contribution < 1.29 is 9.53 Å². The third-order valence-corrected chi connectivity index (χ3v) is 2.38. The summed E-state index contributed by atoms with van der Waals surface area (Å²) in [4.78, 5) is 12.1. The van der Waals surface area contributed by atoms with Crippen molar-refractivity contribution >= 4 is 11.6 Å². The number of para-hydroxylation sites is 1. The first-order valence-electron chi connectivity index (χ1n) is 5.85. The molecule has 0 aromatic heterocycles. The van der Waals surface area contributed by atoms with Gasteiger partial charge in [0.05, 0.1) is 17.9 Å². The average molecular weight is 246 g/mol. The van der Waals surface area contributed by atoms with Crippen LogP contribution in [0.25, 0.3) is 0 Å². The highest BCUT2D eigenvalue weighted by Gasteiger charge is 2.16. The zero-order valence-electron chi connectivity index (χ0n) is 10.7. The van der Waals surface area contributed by atoms with Crippen molar-refractivity contribution in [2.75, 3.05) is 12.3 Å². The smallest absolute Gasteiger partial charge is 0.255 e. The summed E-state index contributed by atoms with van der Waals surface area (Å²) in [6.07, 6.45) is 5.68. The van der Waals surface area contributed by atoms with Crippen LogP contribution in [0.15, 0.2) is 18.2 Å². The van der Waals surface area contributed by atoms with Crippen molar-refractivity contribution in [3.63, 3.8) is 0 Å². The van der Waals surface area contributed by atoms with Gasteiger partial charge >= 0.3 is 0 Å². The monoisotopic (exact) mass is 246 g/mol. The Hall–Kier alpha value is -2.15. The normalized spacial score (nSPS) is 11.4. The van der Waals surface area contributed by atoms with Crippen molar-refractivity contribution in [2.45, 2.75) is 26.3 Å². The van der Waals surface area contributed by atoms with Crippen LogP contribution in [0, 0.1) is 12.3 Å². The second kappa shape index (κ2) is 6.55. The lowest BCUT2D eigenvalue weighted by atomic mass is 10.1. The molecule has 1 aromatic rings. The van der Waals surface area contributed by atoms with Crippen molar-refractivity contribution in [2.24, 2.45) is 0 Å². The van der Waals surface area contributed by atoms with E-state index >= 15 is 0 Å². The first-order valence-corrected chi connectivity index (χ1v) is 5.85. The molecule has 0 radical (unpaired) electrons. The van der Waals surface area contributed by atoms with Gasteiger partial charge in [0.15, 0.2) is 5.75 Å². The fourth-order valence-electron chi connectivity index (χ4n) is 1.57. The molecule has 0 spiro atoms. The Bertz CT molecular complexity index is 463. The van der Waals surface area contributed by atoms with Gasteiger partial charge in [-0.15, -0.1) is 12.3 Å². The predicted octanol–water partition coefficient (Wildman–Crippen LogP) is 1.81. The third kappa shape index (κ3) is 3.42. The molecular weight excluding hydrogens is 228 g/mol. The number of rotatable bonds is 5. The average Bonchev–Trinajstić information content (AvgIpc) is 2.32. The lowest BCUT2D eigenvalue weighted by molar-refractivity contribution is 0.0937. The largest absolute Gasteiger partial charge is 0.491 e. The molecule has 0 aliphatic heterocycles. The van der Waals surface area contributed by atoms with Crippen LogP contribution in [-0.4, -0.2) is 18.6 Å². The van der Waals surface area contributed by atoms with Gasteiger partial charge in [-0.2, -0.15) is 0 Å². The molecule has 0 aliphatic carbocycles. The standard InChI is InChI=1S/C14H18N2O2/c1-4-7-10(3)16-14(17)11-8-6-9-12(15)13(11)18-5-2/h1,6,8-10H,5,7,15H2,2-3H3,(H,16,17). The van der Waals surface area contributed by atoms with Crippen molar-refractivity contribution in [3.05, 3.63) is 23.8 Å². The maximum Gasteiger partial charge on any atom is 0.255 e.